The minimum absolute atomic E-state index is 0.384. The van der Waals surface area contributed by atoms with E-state index in [0.29, 0.717) is 6.04 Å². The number of anilines is 1. The molecule has 1 atom stereocenters. The number of ether oxygens (including phenoxy) is 1. The molecule has 1 aromatic heterocycles. The molecule has 2 aromatic carbocycles. The number of nitrogens with one attached hydrogen (secondary N) is 1. The maximum Gasteiger partial charge on any atom is 0.118 e. The SMILES string of the molecule is COc1ccc(CC(C)Nc2ccc3sccc3c2)cc1. The molecule has 0 aliphatic rings. The average molecular weight is 297 g/mol. The molecule has 3 aromatic rings. The molecule has 3 rings (SSSR count). The molecule has 0 fully saturated rings. The van der Waals surface area contributed by atoms with Crippen molar-refractivity contribution in [3.8, 4) is 5.75 Å². The monoisotopic (exact) mass is 297 g/mol. The Morgan fingerprint density at radius 2 is 1.90 bits per heavy atom. The maximum atomic E-state index is 5.19. The third kappa shape index (κ3) is 3.37. The molecule has 108 valence electrons. The van der Waals surface area contributed by atoms with Crippen molar-refractivity contribution in [1.82, 2.24) is 0 Å². The van der Waals surface area contributed by atoms with Crippen LogP contribution in [0.2, 0.25) is 0 Å². The molecule has 0 saturated carbocycles. The zero-order valence-electron chi connectivity index (χ0n) is 12.3. The molecule has 0 saturated heterocycles. The van der Waals surface area contributed by atoms with Crippen molar-refractivity contribution < 1.29 is 4.74 Å². The fraction of sp³-hybridized carbons (Fsp3) is 0.222. The van der Waals surface area contributed by atoms with Gasteiger partial charge in [-0.25, -0.2) is 0 Å². The van der Waals surface area contributed by atoms with E-state index in [1.807, 2.05) is 12.1 Å². The number of benzene rings is 2. The van der Waals surface area contributed by atoms with E-state index in [1.54, 1.807) is 18.4 Å². The third-order valence-electron chi connectivity index (χ3n) is 3.57. The van der Waals surface area contributed by atoms with E-state index in [1.165, 1.54) is 21.3 Å². The number of fused-ring (bicyclic) bond motifs is 1. The minimum Gasteiger partial charge on any atom is -0.497 e. The molecule has 21 heavy (non-hydrogen) atoms. The van der Waals surface area contributed by atoms with Gasteiger partial charge in [0.25, 0.3) is 0 Å². The summed E-state index contributed by atoms with van der Waals surface area (Å²) >= 11 is 1.78. The van der Waals surface area contributed by atoms with E-state index < -0.39 is 0 Å². The summed E-state index contributed by atoms with van der Waals surface area (Å²) in [6.07, 6.45) is 0.992. The van der Waals surface area contributed by atoms with Gasteiger partial charge in [-0.1, -0.05) is 12.1 Å². The fourth-order valence-corrected chi connectivity index (χ4v) is 3.28. The van der Waals surface area contributed by atoms with Crippen molar-refractivity contribution in [2.75, 3.05) is 12.4 Å². The Kier molecular flexibility index (Phi) is 4.11. The summed E-state index contributed by atoms with van der Waals surface area (Å²) in [6.45, 7) is 2.21. The summed E-state index contributed by atoms with van der Waals surface area (Å²) in [5, 5.41) is 7.02. The van der Waals surface area contributed by atoms with Gasteiger partial charge < -0.3 is 10.1 Å². The van der Waals surface area contributed by atoms with Crippen LogP contribution in [0.25, 0.3) is 10.1 Å². The first-order valence-corrected chi connectivity index (χ1v) is 7.99. The molecule has 0 radical (unpaired) electrons. The molecule has 1 unspecified atom stereocenters. The molecule has 0 spiro atoms. The van der Waals surface area contributed by atoms with Gasteiger partial charge >= 0.3 is 0 Å². The standard InChI is InChI=1S/C18H19NOS/c1-13(11-14-3-6-17(20-2)7-4-14)19-16-5-8-18-15(12-16)9-10-21-18/h3-10,12-13,19H,11H2,1-2H3. The maximum absolute atomic E-state index is 5.19. The Morgan fingerprint density at radius 1 is 1.10 bits per heavy atom. The second-order valence-corrected chi connectivity index (χ2v) is 6.22. The fourth-order valence-electron chi connectivity index (χ4n) is 2.51. The lowest BCUT2D eigenvalue weighted by molar-refractivity contribution is 0.414. The van der Waals surface area contributed by atoms with Crippen LogP contribution in [-0.4, -0.2) is 13.2 Å². The predicted molar refractivity (Wildman–Crippen MR) is 91.6 cm³/mol. The summed E-state index contributed by atoms with van der Waals surface area (Å²) in [5.41, 5.74) is 2.49. The van der Waals surface area contributed by atoms with Crippen LogP contribution >= 0.6 is 11.3 Å². The molecule has 3 heteroatoms. The van der Waals surface area contributed by atoms with Crippen LogP contribution in [0, 0.1) is 0 Å². The summed E-state index contributed by atoms with van der Waals surface area (Å²) in [4.78, 5) is 0. The smallest absolute Gasteiger partial charge is 0.118 e. The van der Waals surface area contributed by atoms with Crippen LogP contribution in [0.1, 0.15) is 12.5 Å². The molecule has 0 aliphatic carbocycles. The van der Waals surface area contributed by atoms with Gasteiger partial charge in [0.05, 0.1) is 7.11 Å². The van der Waals surface area contributed by atoms with E-state index in [0.717, 1.165) is 12.2 Å². The first-order valence-electron chi connectivity index (χ1n) is 7.11. The van der Waals surface area contributed by atoms with E-state index in [9.17, 15) is 0 Å². The molecule has 1 heterocycles. The van der Waals surface area contributed by atoms with Crippen molar-refractivity contribution in [1.29, 1.82) is 0 Å². The van der Waals surface area contributed by atoms with Crippen LogP contribution in [0.4, 0.5) is 5.69 Å². The highest BCUT2D eigenvalue weighted by atomic mass is 32.1. The predicted octanol–water partition coefficient (Wildman–Crippen LogP) is 4.95. The molecule has 1 N–H and O–H groups in total. The number of hydrogen-bond acceptors (Lipinski definition) is 3. The highest BCUT2D eigenvalue weighted by Crippen LogP contribution is 2.24. The first-order chi connectivity index (χ1) is 10.2. The quantitative estimate of drug-likeness (QED) is 0.719. The van der Waals surface area contributed by atoms with Crippen molar-refractivity contribution in [2.24, 2.45) is 0 Å². The van der Waals surface area contributed by atoms with Gasteiger partial charge in [-0.05, 0) is 66.1 Å². The Labute approximate surface area is 129 Å². The van der Waals surface area contributed by atoms with Gasteiger partial charge in [0.15, 0.2) is 0 Å². The van der Waals surface area contributed by atoms with Gasteiger partial charge in [0.1, 0.15) is 5.75 Å². The van der Waals surface area contributed by atoms with E-state index >= 15 is 0 Å². The van der Waals surface area contributed by atoms with E-state index in [2.05, 4.69) is 54.0 Å². The largest absolute Gasteiger partial charge is 0.497 e. The third-order valence-corrected chi connectivity index (χ3v) is 4.46. The topological polar surface area (TPSA) is 21.3 Å². The van der Waals surface area contributed by atoms with Gasteiger partial charge in [0, 0.05) is 16.4 Å². The van der Waals surface area contributed by atoms with Crippen LogP contribution in [0.3, 0.4) is 0 Å². The Balaban J connectivity index is 1.65. The lowest BCUT2D eigenvalue weighted by atomic mass is 10.1. The number of rotatable bonds is 5. The van der Waals surface area contributed by atoms with Crippen molar-refractivity contribution in [3.05, 3.63) is 59.5 Å². The first kappa shape index (κ1) is 14.0. The number of methoxy groups -OCH3 is 1. The second-order valence-electron chi connectivity index (χ2n) is 5.27. The summed E-state index contributed by atoms with van der Waals surface area (Å²) in [7, 11) is 1.69. The minimum atomic E-state index is 0.384. The molecular formula is C18H19NOS. The lowest BCUT2D eigenvalue weighted by Gasteiger charge is -2.15. The Morgan fingerprint density at radius 3 is 2.67 bits per heavy atom. The highest BCUT2D eigenvalue weighted by molar-refractivity contribution is 7.17. The molecular weight excluding hydrogens is 278 g/mol. The average Bonchev–Trinajstić information content (AvgIpc) is 2.95. The van der Waals surface area contributed by atoms with Crippen LogP contribution in [0.5, 0.6) is 5.75 Å². The Hall–Kier alpha value is -2.00. The zero-order chi connectivity index (χ0) is 14.7. The van der Waals surface area contributed by atoms with Gasteiger partial charge in [-0.2, -0.15) is 0 Å². The molecule has 0 aliphatic heterocycles. The zero-order valence-corrected chi connectivity index (χ0v) is 13.1. The number of thiophene rings is 1. The van der Waals surface area contributed by atoms with Crippen molar-refractivity contribution in [3.63, 3.8) is 0 Å². The van der Waals surface area contributed by atoms with Crippen LogP contribution in [-0.2, 0) is 6.42 Å². The number of hydrogen-bond donors (Lipinski definition) is 1. The summed E-state index contributed by atoms with van der Waals surface area (Å²) < 4.78 is 6.52. The normalized spacial score (nSPS) is 12.3. The van der Waals surface area contributed by atoms with Crippen LogP contribution in [0.15, 0.2) is 53.9 Å². The van der Waals surface area contributed by atoms with E-state index in [-0.39, 0.29) is 0 Å². The lowest BCUT2D eigenvalue weighted by Crippen LogP contribution is -2.17. The van der Waals surface area contributed by atoms with Crippen molar-refractivity contribution in [2.45, 2.75) is 19.4 Å². The molecule has 0 bridgehead atoms. The van der Waals surface area contributed by atoms with Gasteiger partial charge in [0.2, 0.25) is 0 Å². The summed E-state index contributed by atoms with van der Waals surface area (Å²) in [6, 6.07) is 17.4. The van der Waals surface area contributed by atoms with Gasteiger partial charge in [-0.15, -0.1) is 11.3 Å². The van der Waals surface area contributed by atoms with Crippen LogP contribution < -0.4 is 10.1 Å². The Bertz CT molecular complexity index is 717. The van der Waals surface area contributed by atoms with Gasteiger partial charge in [-0.3, -0.25) is 0 Å². The van der Waals surface area contributed by atoms with Crippen molar-refractivity contribution >= 4 is 27.1 Å². The highest BCUT2D eigenvalue weighted by Gasteiger charge is 2.05. The second kappa shape index (κ2) is 6.19. The molecule has 0 amide bonds. The van der Waals surface area contributed by atoms with E-state index in [4.69, 9.17) is 4.74 Å². The summed E-state index contributed by atoms with van der Waals surface area (Å²) in [5.74, 6) is 0.905. The molecule has 2 nitrogen and oxygen atoms in total.